The van der Waals surface area contributed by atoms with Gasteiger partial charge in [0, 0.05) is 11.6 Å². The van der Waals surface area contributed by atoms with Gasteiger partial charge in [-0.2, -0.15) is 0 Å². The molecule has 0 radical (unpaired) electrons. The van der Waals surface area contributed by atoms with Gasteiger partial charge in [0.05, 0.1) is 18.1 Å². The molecule has 1 aromatic rings. The lowest BCUT2D eigenvalue weighted by molar-refractivity contribution is -0.387. The zero-order valence-electron chi connectivity index (χ0n) is 9.92. The van der Waals surface area contributed by atoms with Crippen LogP contribution in [0.4, 0.5) is 5.69 Å². The highest BCUT2D eigenvalue weighted by atomic mass is 35.5. The van der Waals surface area contributed by atoms with Gasteiger partial charge in [0.15, 0.2) is 4.90 Å². The number of halogens is 1. The molecule has 19 heavy (non-hydrogen) atoms. The summed E-state index contributed by atoms with van der Waals surface area (Å²) in [5.74, 6) is 0.187. The van der Waals surface area contributed by atoms with E-state index in [1.54, 1.807) is 0 Å². The molecular formula is C10H11ClN2O5S. The summed E-state index contributed by atoms with van der Waals surface area (Å²) in [5.41, 5.74) is -0.577. The summed E-state index contributed by atoms with van der Waals surface area (Å²) in [5, 5.41) is 11.0. The van der Waals surface area contributed by atoms with Gasteiger partial charge in [0.2, 0.25) is 10.0 Å². The SMILES string of the molecule is C=C(Cl)CNS(=O)(=O)c1ccc(OC)cc1[N+](=O)[O-]. The Morgan fingerprint density at radius 3 is 2.68 bits per heavy atom. The Balaban J connectivity index is 3.25. The van der Waals surface area contributed by atoms with Crippen molar-refractivity contribution in [3.8, 4) is 5.75 Å². The Bertz CT molecular complexity index is 614. The molecule has 1 rings (SSSR count). The fourth-order valence-corrected chi connectivity index (χ4v) is 2.57. The number of nitrogens with zero attached hydrogens (tertiary/aromatic N) is 1. The number of methoxy groups -OCH3 is 1. The monoisotopic (exact) mass is 306 g/mol. The Labute approximate surface area is 115 Å². The lowest BCUT2D eigenvalue weighted by Gasteiger charge is -2.07. The molecule has 0 saturated heterocycles. The van der Waals surface area contributed by atoms with Crippen molar-refractivity contribution >= 4 is 27.3 Å². The van der Waals surface area contributed by atoms with Crippen molar-refractivity contribution < 1.29 is 18.1 Å². The molecule has 104 valence electrons. The molecule has 0 aliphatic carbocycles. The van der Waals surface area contributed by atoms with Crippen molar-refractivity contribution in [2.45, 2.75) is 4.90 Å². The molecule has 0 aliphatic rings. The average molecular weight is 307 g/mol. The van der Waals surface area contributed by atoms with Gasteiger partial charge >= 0.3 is 0 Å². The number of nitrogens with one attached hydrogen (secondary N) is 1. The van der Waals surface area contributed by atoms with Crippen LogP contribution in [-0.2, 0) is 10.0 Å². The molecular weight excluding hydrogens is 296 g/mol. The second-order valence-corrected chi connectivity index (χ2v) is 5.70. The largest absolute Gasteiger partial charge is 0.497 e. The Hall–Kier alpha value is -1.64. The molecule has 0 unspecified atom stereocenters. The summed E-state index contributed by atoms with van der Waals surface area (Å²) >= 11 is 5.45. The number of hydrogen-bond acceptors (Lipinski definition) is 5. The minimum absolute atomic E-state index is 0.0692. The standard InChI is InChI=1S/C10H11ClN2O5S/c1-7(11)6-12-19(16,17)10-4-3-8(18-2)5-9(10)13(14)15/h3-5,12H,1,6H2,2H3. The van der Waals surface area contributed by atoms with E-state index in [-0.39, 0.29) is 17.3 Å². The first-order valence-corrected chi connectivity index (χ1v) is 6.79. The van der Waals surface area contributed by atoms with Crippen LogP contribution in [0.5, 0.6) is 5.75 Å². The number of rotatable bonds is 6. The first-order chi connectivity index (χ1) is 8.77. The van der Waals surface area contributed by atoms with Gasteiger partial charge < -0.3 is 4.74 Å². The molecule has 0 aromatic heterocycles. The van der Waals surface area contributed by atoms with E-state index in [1.165, 1.54) is 13.2 Å². The molecule has 0 saturated carbocycles. The third-order valence-corrected chi connectivity index (χ3v) is 3.69. The van der Waals surface area contributed by atoms with Crippen LogP contribution in [0.25, 0.3) is 0 Å². The van der Waals surface area contributed by atoms with Crippen molar-refractivity contribution in [2.75, 3.05) is 13.7 Å². The molecule has 0 amide bonds. The number of hydrogen-bond donors (Lipinski definition) is 1. The predicted molar refractivity (Wildman–Crippen MR) is 69.8 cm³/mol. The maximum atomic E-state index is 11.9. The highest BCUT2D eigenvalue weighted by Gasteiger charge is 2.26. The molecule has 1 aromatic carbocycles. The topological polar surface area (TPSA) is 98.5 Å². The van der Waals surface area contributed by atoms with E-state index in [0.717, 1.165) is 12.1 Å². The number of nitro groups is 1. The second-order valence-electron chi connectivity index (χ2n) is 3.43. The maximum Gasteiger partial charge on any atom is 0.293 e. The normalized spacial score (nSPS) is 11.1. The van der Waals surface area contributed by atoms with E-state index in [0.29, 0.717) is 0 Å². The fraction of sp³-hybridized carbons (Fsp3) is 0.200. The molecule has 0 spiro atoms. The molecule has 0 bridgehead atoms. The lowest BCUT2D eigenvalue weighted by Crippen LogP contribution is -2.25. The summed E-state index contributed by atoms with van der Waals surface area (Å²) in [6, 6.07) is 3.44. The highest BCUT2D eigenvalue weighted by Crippen LogP contribution is 2.28. The number of ether oxygens (including phenoxy) is 1. The fourth-order valence-electron chi connectivity index (χ4n) is 1.25. The van der Waals surface area contributed by atoms with Crippen LogP contribution in [-0.4, -0.2) is 27.0 Å². The van der Waals surface area contributed by atoms with Gasteiger partial charge in [-0.3, -0.25) is 10.1 Å². The predicted octanol–water partition coefficient (Wildman–Crippen LogP) is 1.63. The van der Waals surface area contributed by atoms with Gasteiger partial charge in [0.1, 0.15) is 5.75 Å². The average Bonchev–Trinajstić information content (AvgIpc) is 2.35. The number of sulfonamides is 1. The van der Waals surface area contributed by atoms with E-state index in [4.69, 9.17) is 16.3 Å². The van der Waals surface area contributed by atoms with E-state index >= 15 is 0 Å². The Morgan fingerprint density at radius 1 is 1.58 bits per heavy atom. The summed E-state index contributed by atoms with van der Waals surface area (Å²) in [6.45, 7) is 3.11. The van der Waals surface area contributed by atoms with E-state index in [9.17, 15) is 18.5 Å². The maximum absolute atomic E-state index is 11.9. The molecule has 1 N–H and O–H groups in total. The Morgan fingerprint density at radius 2 is 2.21 bits per heavy atom. The van der Waals surface area contributed by atoms with Crippen molar-refractivity contribution in [1.82, 2.24) is 4.72 Å². The van der Waals surface area contributed by atoms with Crippen LogP contribution >= 0.6 is 11.6 Å². The smallest absolute Gasteiger partial charge is 0.293 e. The van der Waals surface area contributed by atoms with E-state index < -0.39 is 25.5 Å². The molecule has 0 atom stereocenters. The minimum Gasteiger partial charge on any atom is -0.497 e. The van der Waals surface area contributed by atoms with E-state index in [1.807, 2.05) is 0 Å². The molecule has 0 aliphatic heterocycles. The van der Waals surface area contributed by atoms with Crippen molar-refractivity contribution in [3.05, 3.63) is 39.9 Å². The minimum atomic E-state index is -4.05. The van der Waals surface area contributed by atoms with Gasteiger partial charge in [-0.1, -0.05) is 18.2 Å². The zero-order chi connectivity index (χ0) is 14.6. The van der Waals surface area contributed by atoms with Gasteiger partial charge in [-0.25, -0.2) is 13.1 Å². The Kier molecular flexibility index (Phi) is 4.87. The summed E-state index contributed by atoms with van der Waals surface area (Å²) in [7, 11) is -2.73. The lowest BCUT2D eigenvalue weighted by atomic mass is 10.3. The number of nitro benzene ring substituents is 1. The quantitative estimate of drug-likeness (QED) is 0.636. The summed E-state index contributed by atoms with van der Waals surface area (Å²) < 4.78 is 30.7. The second kappa shape index (κ2) is 6.00. The third kappa shape index (κ3) is 3.91. The van der Waals surface area contributed by atoms with Gasteiger partial charge in [-0.05, 0) is 12.1 Å². The van der Waals surface area contributed by atoms with Crippen molar-refractivity contribution in [2.24, 2.45) is 0 Å². The molecule has 9 heteroatoms. The summed E-state index contributed by atoms with van der Waals surface area (Å²) in [4.78, 5) is 9.63. The molecule has 7 nitrogen and oxygen atoms in total. The highest BCUT2D eigenvalue weighted by molar-refractivity contribution is 7.89. The van der Waals surface area contributed by atoms with Crippen molar-refractivity contribution in [1.29, 1.82) is 0 Å². The first-order valence-electron chi connectivity index (χ1n) is 4.93. The zero-order valence-corrected chi connectivity index (χ0v) is 11.5. The van der Waals surface area contributed by atoms with E-state index in [2.05, 4.69) is 11.3 Å². The van der Waals surface area contributed by atoms with Gasteiger partial charge in [-0.15, -0.1) is 0 Å². The molecule has 0 heterocycles. The first kappa shape index (κ1) is 15.4. The van der Waals surface area contributed by atoms with Crippen LogP contribution in [0, 0.1) is 10.1 Å². The number of benzene rings is 1. The van der Waals surface area contributed by atoms with Gasteiger partial charge in [0.25, 0.3) is 5.69 Å². The molecule has 0 fully saturated rings. The van der Waals surface area contributed by atoms with Crippen LogP contribution < -0.4 is 9.46 Å². The summed E-state index contributed by atoms with van der Waals surface area (Å²) in [6.07, 6.45) is 0. The van der Waals surface area contributed by atoms with Crippen LogP contribution in [0.2, 0.25) is 0 Å². The van der Waals surface area contributed by atoms with Crippen molar-refractivity contribution in [3.63, 3.8) is 0 Å². The van der Waals surface area contributed by atoms with Crippen LogP contribution in [0.3, 0.4) is 0 Å². The van der Waals surface area contributed by atoms with Crippen LogP contribution in [0.1, 0.15) is 0 Å². The van der Waals surface area contributed by atoms with Crippen LogP contribution in [0.15, 0.2) is 34.7 Å². The third-order valence-electron chi connectivity index (χ3n) is 2.11.